The molecular formula is C20H24N6O2. The molecule has 1 saturated heterocycles. The van der Waals surface area contributed by atoms with Gasteiger partial charge in [0.1, 0.15) is 11.5 Å². The van der Waals surface area contributed by atoms with Crippen LogP contribution in [0.1, 0.15) is 19.8 Å². The van der Waals surface area contributed by atoms with Gasteiger partial charge in [0.25, 0.3) is 0 Å². The molecule has 3 heterocycles. The fourth-order valence-corrected chi connectivity index (χ4v) is 3.56. The Kier molecular flexibility index (Phi) is 5.12. The summed E-state index contributed by atoms with van der Waals surface area (Å²) in [6, 6.07) is 9.43. The molecule has 8 heteroatoms. The second-order valence-electron chi connectivity index (χ2n) is 7.11. The Bertz CT molecular complexity index is 978. The van der Waals surface area contributed by atoms with Gasteiger partial charge in [-0.3, -0.25) is 4.79 Å². The van der Waals surface area contributed by atoms with Gasteiger partial charge in [0.05, 0.1) is 5.39 Å². The number of nitrogens with one attached hydrogen (secondary N) is 3. The summed E-state index contributed by atoms with van der Waals surface area (Å²) >= 11 is 0. The van der Waals surface area contributed by atoms with Crippen LogP contribution in [0.5, 0.6) is 0 Å². The Morgan fingerprint density at radius 1 is 1.25 bits per heavy atom. The summed E-state index contributed by atoms with van der Waals surface area (Å²) in [5.74, 6) is 1.64. The van der Waals surface area contributed by atoms with E-state index in [0.29, 0.717) is 17.6 Å². The van der Waals surface area contributed by atoms with Crippen molar-refractivity contribution in [2.45, 2.75) is 19.8 Å². The van der Waals surface area contributed by atoms with Gasteiger partial charge in [-0.15, -0.1) is 0 Å². The Morgan fingerprint density at radius 2 is 2.04 bits per heavy atom. The number of fused-ring (bicyclic) bond motifs is 1. The first kappa shape index (κ1) is 18.2. The fourth-order valence-electron chi connectivity index (χ4n) is 3.56. The third-order valence-corrected chi connectivity index (χ3v) is 5.01. The lowest BCUT2D eigenvalue weighted by molar-refractivity contribution is -0.114. The van der Waals surface area contributed by atoms with Crippen LogP contribution in [0.25, 0.3) is 11.0 Å². The lowest BCUT2D eigenvalue weighted by atomic mass is 9.98. The molecule has 4 N–H and O–H groups in total. The summed E-state index contributed by atoms with van der Waals surface area (Å²) < 4.78 is 0. The lowest BCUT2D eigenvalue weighted by Crippen LogP contribution is -2.35. The zero-order valence-corrected chi connectivity index (χ0v) is 15.8. The number of H-pyrrole nitrogens is 1. The van der Waals surface area contributed by atoms with E-state index in [-0.39, 0.29) is 12.5 Å². The van der Waals surface area contributed by atoms with E-state index in [1.165, 1.54) is 6.92 Å². The minimum absolute atomic E-state index is 0.116. The molecule has 0 radical (unpaired) electrons. The Morgan fingerprint density at radius 3 is 2.79 bits per heavy atom. The standard InChI is InChI=1S/C20H24N6O2/c1-13(28)22-15-3-2-4-16(11-15)23-20-24-18-17(5-8-21-18)19(25-20)26-9-6-14(12-27)7-10-26/h2-5,8,11,14,27H,6-7,9-10,12H2,1H3,(H,22,28)(H2,21,23,24,25). The van der Waals surface area contributed by atoms with Crippen LogP contribution in [-0.2, 0) is 4.79 Å². The Balaban J connectivity index is 1.61. The molecule has 1 aromatic carbocycles. The van der Waals surface area contributed by atoms with Crippen LogP contribution < -0.4 is 15.5 Å². The molecule has 146 valence electrons. The topological polar surface area (TPSA) is 106 Å². The second kappa shape index (κ2) is 7.85. The van der Waals surface area contributed by atoms with Gasteiger partial charge in [0.15, 0.2) is 0 Å². The Labute approximate surface area is 163 Å². The van der Waals surface area contributed by atoms with Gasteiger partial charge >= 0.3 is 0 Å². The molecule has 0 unspecified atom stereocenters. The minimum atomic E-state index is -0.116. The maximum atomic E-state index is 11.3. The number of rotatable bonds is 5. The monoisotopic (exact) mass is 380 g/mol. The molecule has 28 heavy (non-hydrogen) atoms. The average Bonchev–Trinajstić information content (AvgIpc) is 3.16. The first-order chi connectivity index (χ1) is 13.6. The highest BCUT2D eigenvalue weighted by Crippen LogP contribution is 2.29. The third kappa shape index (κ3) is 3.91. The molecule has 1 amide bonds. The quantitative estimate of drug-likeness (QED) is 0.542. The highest BCUT2D eigenvalue weighted by molar-refractivity contribution is 5.90. The number of aliphatic hydroxyl groups excluding tert-OH is 1. The van der Waals surface area contributed by atoms with Crippen molar-refractivity contribution >= 4 is 40.1 Å². The smallest absolute Gasteiger partial charge is 0.231 e. The lowest BCUT2D eigenvalue weighted by Gasteiger charge is -2.32. The Hall–Kier alpha value is -3.13. The van der Waals surface area contributed by atoms with E-state index in [1.807, 2.05) is 36.5 Å². The van der Waals surface area contributed by atoms with Crippen molar-refractivity contribution < 1.29 is 9.90 Å². The molecule has 0 saturated carbocycles. The van der Waals surface area contributed by atoms with Gasteiger partial charge in [-0.05, 0) is 43.0 Å². The van der Waals surface area contributed by atoms with E-state index in [9.17, 15) is 9.90 Å². The van der Waals surface area contributed by atoms with E-state index >= 15 is 0 Å². The number of aromatic amines is 1. The van der Waals surface area contributed by atoms with Crippen molar-refractivity contribution in [3.63, 3.8) is 0 Å². The number of hydrogen-bond acceptors (Lipinski definition) is 6. The summed E-state index contributed by atoms with van der Waals surface area (Å²) in [7, 11) is 0. The molecular weight excluding hydrogens is 356 g/mol. The van der Waals surface area contributed by atoms with Crippen LogP contribution in [0.3, 0.4) is 0 Å². The molecule has 2 aromatic heterocycles. The van der Waals surface area contributed by atoms with Crippen LogP contribution >= 0.6 is 0 Å². The summed E-state index contributed by atoms with van der Waals surface area (Å²) in [6.45, 7) is 3.45. The van der Waals surface area contributed by atoms with Crippen molar-refractivity contribution in [2.75, 3.05) is 35.2 Å². The zero-order valence-electron chi connectivity index (χ0n) is 15.8. The highest BCUT2D eigenvalue weighted by Gasteiger charge is 2.22. The molecule has 0 spiro atoms. The molecule has 1 aliphatic heterocycles. The maximum Gasteiger partial charge on any atom is 0.231 e. The molecule has 0 aliphatic carbocycles. The second-order valence-corrected chi connectivity index (χ2v) is 7.11. The van der Waals surface area contributed by atoms with E-state index in [4.69, 9.17) is 4.98 Å². The third-order valence-electron chi connectivity index (χ3n) is 5.01. The number of amides is 1. The van der Waals surface area contributed by atoms with Gasteiger partial charge in [-0.25, -0.2) is 0 Å². The summed E-state index contributed by atoms with van der Waals surface area (Å²) in [5.41, 5.74) is 2.28. The predicted octanol–water partition coefficient (Wildman–Crippen LogP) is 2.87. The highest BCUT2D eigenvalue weighted by atomic mass is 16.3. The van der Waals surface area contributed by atoms with E-state index in [0.717, 1.165) is 48.5 Å². The predicted molar refractivity (Wildman–Crippen MR) is 110 cm³/mol. The van der Waals surface area contributed by atoms with Crippen LogP contribution in [0.4, 0.5) is 23.1 Å². The van der Waals surface area contributed by atoms with E-state index < -0.39 is 0 Å². The van der Waals surface area contributed by atoms with E-state index in [1.54, 1.807) is 0 Å². The molecule has 0 atom stereocenters. The SMILES string of the molecule is CC(=O)Nc1cccc(Nc2nc(N3CCC(CO)CC3)c3cc[nH]c3n2)c1. The van der Waals surface area contributed by atoms with Crippen molar-refractivity contribution in [3.8, 4) is 0 Å². The molecule has 8 nitrogen and oxygen atoms in total. The number of aliphatic hydroxyl groups is 1. The summed E-state index contributed by atoms with van der Waals surface area (Å²) in [4.78, 5) is 26.0. The largest absolute Gasteiger partial charge is 0.396 e. The molecule has 4 rings (SSSR count). The molecule has 0 bridgehead atoms. The maximum absolute atomic E-state index is 11.3. The molecule has 3 aromatic rings. The molecule has 1 aliphatic rings. The number of nitrogens with zero attached hydrogens (tertiary/aromatic N) is 3. The van der Waals surface area contributed by atoms with E-state index in [2.05, 4.69) is 25.5 Å². The number of benzene rings is 1. The van der Waals surface area contributed by atoms with Gasteiger partial charge in [0, 0.05) is 44.2 Å². The summed E-state index contributed by atoms with van der Waals surface area (Å²) in [6.07, 6.45) is 3.77. The normalized spacial score (nSPS) is 15.0. The van der Waals surface area contributed by atoms with Gasteiger partial charge in [-0.2, -0.15) is 9.97 Å². The van der Waals surface area contributed by atoms with Crippen molar-refractivity contribution in [1.82, 2.24) is 15.0 Å². The number of carbonyl (C=O) groups excluding carboxylic acids is 1. The van der Waals surface area contributed by atoms with Crippen LogP contribution in [0, 0.1) is 5.92 Å². The zero-order chi connectivity index (χ0) is 19.5. The summed E-state index contributed by atoms with van der Waals surface area (Å²) in [5, 5.41) is 16.4. The molecule has 1 fully saturated rings. The average molecular weight is 380 g/mol. The van der Waals surface area contributed by atoms with Crippen LogP contribution in [0.2, 0.25) is 0 Å². The van der Waals surface area contributed by atoms with Gasteiger partial charge in [-0.1, -0.05) is 6.07 Å². The van der Waals surface area contributed by atoms with Gasteiger partial charge in [0.2, 0.25) is 11.9 Å². The van der Waals surface area contributed by atoms with Crippen molar-refractivity contribution in [3.05, 3.63) is 36.5 Å². The van der Waals surface area contributed by atoms with Gasteiger partial charge < -0.3 is 25.6 Å². The number of hydrogen-bond donors (Lipinski definition) is 4. The first-order valence-electron chi connectivity index (χ1n) is 9.48. The van der Waals surface area contributed by atoms with Crippen molar-refractivity contribution in [2.24, 2.45) is 5.92 Å². The first-order valence-corrected chi connectivity index (χ1v) is 9.48. The van der Waals surface area contributed by atoms with Crippen LogP contribution in [-0.4, -0.2) is 45.7 Å². The number of carbonyl (C=O) groups is 1. The minimum Gasteiger partial charge on any atom is -0.396 e. The number of piperidine rings is 1. The van der Waals surface area contributed by atoms with Crippen molar-refractivity contribution in [1.29, 1.82) is 0 Å². The number of aromatic nitrogens is 3. The fraction of sp³-hybridized carbons (Fsp3) is 0.350. The van der Waals surface area contributed by atoms with Crippen LogP contribution in [0.15, 0.2) is 36.5 Å². The number of anilines is 4.